The first-order valence-corrected chi connectivity index (χ1v) is 9.35. The highest BCUT2D eigenvalue weighted by atomic mass is 16.5. The lowest BCUT2D eigenvalue weighted by Gasteiger charge is -2.40. The molecule has 1 aromatic rings. The van der Waals surface area contributed by atoms with Crippen LogP contribution in [0.2, 0.25) is 0 Å². The van der Waals surface area contributed by atoms with E-state index < -0.39 is 0 Å². The van der Waals surface area contributed by atoms with Gasteiger partial charge in [-0.25, -0.2) is 0 Å². The van der Waals surface area contributed by atoms with Gasteiger partial charge in [0.25, 0.3) is 0 Å². The molecule has 0 atom stereocenters. The number of nitrogens with zero attached hydrogens (tertiary/aromatic N) is 2. The van der Waals surface area contributed by atoms with Gasteiger partial charge in [-0.3, -0.25) is 4.90 Å². The minimum Gasteiger partial charge on any atom is -0.497 e. The fourth-order valence-corrected chi connectivity index (χ4v) is 3.77. The monoisotopic (exact) mass is 344 g/mol. The van der Waals surface area contributed by atoms with Gasteiger partial charge in [-0.15, -0.1) is 0 Å². The summed E-state index contributed by atoms with van der Waals surface area (Å²) in [5.74, 6) is 0.889. The van der Waals surface area contributed by atoms with Crippen LogP contribution in [0.4, 0.5) is 0 Å². The minimum atomic E-state index is -0.137. The van der Waals surface area contributed by atoms with E-state index in [9.17, 15) is 5.11 Å². The second kappa shape index (κ2) is 9.22. The van der Waals surface area contributed by atoms with Gasteiger partial charge < -0.3 is 9.84 Å². The molecule has 1 N–H and O–H groups in total. The summed E-state index contributed by atoms with van der Waals surface area (Å²) in [6, 6.07) is 11.0. The number of hydrogen-bond donors (Lipinski definition) is 1. The molecule has 1 aliphatic rings. The summed E-state index contributed by atoms with van der Waals surface area (Å²) in [6.07, 6.45) is 5.23. The predicted octanol–water partition coefficient (Wildman–Crippen LogP) is 4.13. The van der Waals surface area contributed by atoms with Crippen molar-refractivity contribution in [2.75, 3.05) is 13.7 Å². The van der Waals surface area contributed by atoms with Gasteiger partial charge in [0.1, 0.15) is 5.75 Å². The highest BCUT2D eigenvalue weighted by Crippen LogP contribution is 2.30. The number of benzene rings is 1. The summed E-state index contributed by atoms with van der Waals surface area (Å²) < 4.78 is 5.36. The van der Waals surface area contributed by atoms with Gasteiger partial charge in [0, 0.05) is 25.6 Å². The minimum absolute atomic E-state index is 0.102. The molecule has 0 amide bonds. The van der Waals surface area contributed by atoms with E-state index in [0.29, 0.717) is 12.5 Å². The summed E-state index contributed by atoms with van der Waals surface area (Å²) in [7, 11) is 1.70. The number of nitriles is 1. The molecule has 0 unspecified atom stereocenters. The van der Waals surface area contributed by atoms with Crippen molar-refractivity contribution < 1.29 is 9.84 Å². The van der Waals surface area contributed by atoms with E-state index in [0.717, 1.165) is 50.9 Å². The molecule has 0 radical (unpaired) electrons. The highest BCUT2D eigenvalue weighted by Gasteiger charge is 2.29. The molecule has 1 saturated carbocycles. The second-order valence-electron chi connectivity index (χ2n) is 8.04. The van der Waals surface area contributed by atoms with Crippen LogP contribution in [0.1, 0.15) is 57.9 Å². The van der Waals surface area contributed by atoms with Crippen LogP contribution < -0.4 is 4.74 Å². The highest BCUT2D eigenvalue weighted by molar-refractivity contribution is 5.28. The molecule has 0 aliphatic heterocycles. The van der Waals surface area contributed by atoms with Crippen molar-refractivity contribution in [1.82, 2.24) is 4.90 Å². The van der Waals surface area contributed by atoms with Crippen LogP contribution in [0.15, 0.2) is 24.3 Å². The normalized spacial score (nSPS) is 21.1. The van der Waals surface area contributed by atoms with E-state index >= 15 is 0 Å². The van der Waals surface area contributed by atoms with Crippen molar-refractivity contribution in [1.29, 1.82) is 5.26 Å². The molecular weight excluding hydrogens is 312 g/mol. The summed E-state index contributed by atoms with van der Waals surface area (Å²) in [5, 5.41) is 18.8. The maximum atomic E-state index is 9.84. The number of ether oxygens (including phenoxy) is 1. The molecular formula is C21H32N2O2. The molecule has 0 saturated heterocycles. The van der Waals surface area contributed by atoms with E-state index in [4.69, 9.17) is 10.00 Å². The van der Waals surface area contributed by atoms with E-state index in [2.05, 4.69) is 36.9 Å². The predicted molar refractivity (Wildman–Crippen MR) is 100 cm³/mol. The first kappa shape index (κ1) is 19.8. The van der Waals surface area contributed by atoms with Gasteiger partial charge in [-0.1, -0.05) is 26.0 Å². The van der Waals surface area contributed by atoms with E-state index in [1.807, 2.05) is 12.1 Å². The standard InChI is InChI=1S/C21H32N2O2/c1-21(2,12-5-13-22)16-23(18-8-10-19(24)11-9-18)15-17-6-4-7-20(14-17)25-3/h4,6-7,14,18-19,24H,5,8-12,15-16H2,1-3H3. The van der Waals surface area contributed by atoms with Crippen molar-refractivity contribution in [3.63, 3.8) is 0 Å². The summed E-state index contributed by atoms with van der Waals surface area (Å²) in [4.78, 5) is 2.55. The zero-order valence-corrected chi connectivity index (χ0v) is 15.9. The van der Waals surface area contributed by atoms with Crippen LogP contribution in [0.3, 0.4) is 0 Å². The maximum Gasteiger partial charge on any atom is 0.119 e. The lowest BCUT2D eigenvalue weighted by Crippen LogP contribution is -2.43. The molecule has 1 aliphatic carbocycles. The zero-order valence-electron chi connectivity index (χ0n) is 15.9. The Labute approximate surface area is 152 Å². The molecule has 1 fully saturated rings. The van der Waals surface area contributed by atoms with E-state index in [-0.39, 0.29) is 11.5 Å². The Balaban J connectivity index is 2.12. The van der Waals surface area contributed by atoms with Gasteiger partial charge in [0.15, 0.2) is 0 Å². The third kappa shape index (κ3) is 6.34. The van der Waals surface area contributed by atoms with Gasteiger partial charge in [-0.05, 0) is 55.2 Å². The van der Waals surface area contributed by atoms with Crippen LogP contribution in [-0.2, 0) is 6.54 Å². The third-order valence-corrected chi connectivity index (χ3v) is 5.25. The van der Waals surface area contributed by atoms with Crippen molar-refractivity contribution in [2.45, 2.75) is 71.1 Å². The molecule has 138 valence electrons. The van der Waals surface area contributed by atoms with Crippen molar-refractivity contribution >= 4 is 0 Å². The Morgan fingerprint density at radius 3 is 2.64 bits per heavy atom. The fourth-order valence-electron chi connectivity index (χ4n) is 3.77. The Hall–Kier alpha value is -1.57. The summed E-state index contributed by atoms with van der Waals surface area (Å²) in [5.41, 5.74) is 1.35. The van der Waals surface area contributed by atoms with Crippen LogP contribution in [-0.4, -0.2) is 35.8 Å². The number of aliphatic hydroxyl groups excluding tert-OH is 1. The Kier molecular flexibility index (Phi) is 7.28. The Bertz CT molecular complexity index is 572. The summed E-state index contributed by atoms with van der Waals surface area (Å²) >= 11 is 0. The van der Waals surface area contributed by atoms with Gasteiger partial charge in [-0.2, -0.15) is 5.26 Å². The molecule has 25 heavy (non-hydrogen) atoms. The number of rotatable bonds is 8. The average Bonchev–Trinajstić information content (AvgIpc) is 2.60. The molecule has 0 aromatic heterocycles. The third-order valence-electron chi connectivity index (χ3n) is 5.25. The Morgan fingerprint density at radius 1 is 1.28 bits per heavy atom. The van der Waals surface area contributed by atoms with Crippen molar-refractivity contribution in [3.05, 3.63) is 29.8 Å². The van der Waals surface area contributed by atoms with Gasteiger partial charge in [0.2, 0.25) is 0 Å². The molecule has 4 heteroatoms. The van der Waals surface area contributed by atoms with Crippen LogP contribution in [0, 0.1) is 16.7 Å². The maximum absolute atomic E-state index is 9.84. The molecule has 0 bridgehead atoms. The average molecular weight is 344 g/mol. The zero-order chi connectivity index (χ0) is 18.3. The lowest BCUT2D eigenvalue weighted by atomic mass is 9.85. The van der Waals surface area contributed by atoms with Gasteiger partial charge >= 0.3 is 0 Å². The van der Waals surface area contributed by atoms with Gasteiger partial charge in [0.05, 0.1) is 19.3 Å². The lowest BCUT2D eigenvalue weighted by molar-refractivity contribution is 0.0489. The SMILES string of the molecule is COc1cccc(CN(CC(C)(C)CCC#N)C2CCC(O)CC2)c1. The number of hydrogen-bond acceptors (Lipinski definition) is 4. The summed E-state index contributed by atoms with van der Waals surface area (Å²) in [6.45, 7) is 6.35. The largest absolute Gasteiger partial charge is 0.497 e. The first-order chi connectivity index (χ1) is 11.9. The molecule has 0 heterocycles. The van der Waals surface area contributed by atoms with Crippen LogP contribution in [0.5, 0.6) is 5.75 Å². The molecule has 2 rings (SSSR count). The van der Waals surface area contributed by atoms with Crippen LogP contribution in [0.25, 0.3) is 0 Å². The van der Waals surface area contributed by atoms with Crippen molar-refractivity contribution in [3.8, 4) is 11.8 Å². The number of aliphatic hydroxyl groups is 1. The van der Waals surface area contributed by atoms with E-state index in [1.54, 1.807) is 7.11 Å². The topological polar surface area (TPSA) is 56.5 Å². The molecule has 1 aromatic carbocycles. The Morgan fingerprint density at radius 2 is 2.00 bits per heavy atom. The smallest absolute Gasteiger partial charge is 0.119 e. The first-order valence-electron chi connectivity index (χ1n) is 9.35. The fraction of sp³-hybridized carbons (Fsp3) is 0.667. The quantitative estimate of drug-likeness (QED) is 0.770. The molecule has 0 spiro atoms. The van der Waals surface area contributed by atoms with Crippen LogP contribution >= 0.6 is 0 Å². The van der Waals surface area contributed by atoms with Crippen molar-refractivity contribution in [2.24, 2.45) is 5.41 Å². The van der Waals surface area contributed by atoms with E-state index in [1.165, 1.54) is 5.56 Å². The molecule has 4 nitrogen and oxygen atoms in total. The number of methoxy groups -OCH3 is 1. The second-order valence-corrected chi connectivity index (χ2v) is 8.04.